The molecule has 2 N–H and O–H groups in total. The Morgan fingerprint density at radius 3 is 2.24 bits per heavy atom. The van der Waals surface area contributed by atoms with Gasteiger partial charge < -0.3 is 10.0 Å². The number of anilines is 1. The van der Waals surface area contributed by atoms with Crippen molar-refractivity contribution in [3.8, 4) is 0 Å². The molecule has 1 rings (SSSR count). The third-order valence-electron chi connectivity index (χ3n) is 2.60. The molecule has 1 aromatic carbocycles. The Kier molecular flexibility index (Phi) is 5.72. The first-order valence-corrected chi connectivity index (χ1v) is 7.85. The van der Waals surface area contributed by atoms with E-state index in [9.17, 15) is 0 Å². The fourth-order valence-electron chi connectivity index (χ4n) is 1.61. The largest absolute Gasteiger partial charge is 0.336 e. The summed E-state index contributed by atoms with van der Waals surface area (Å²) in [6.07, 6.45) is 2.07. The fourth-order valence-corrected chi connectivity index (χ4v) is 2.15. The summed E-state index contributed by atoms with van der Waals surface area (Å²) in [4.78, 5) is 0. The highest BCUT2D eigenvalue weighted by atomic mass is 32.2. The van der Waals surface area contributed by atoms with Gasteiger partial charge in [0.2, 0.25) is 0 Å². The van der Waals surface area contributed by atoms with Crippen molar-refractivity contribution in [2.24, 2.45) is 0 Å². The van der Waals surface area contributed by atoms with E-state index in [4.69, 9.17) is 0 Å². The molecule has 0 fully saturated rings. The molecule has 0 spiro atoms. The van der Waals surface area contributed by atoms with Crippen molar-refractivity contribution in [3.05, 3.63) is 29.8 Å². The lowest BCUT2D eigenvalue weighted by Gasteiger charge is -2.16. The van der Waals surface area contributed by atoms with E-state index in [0.29, 0.717) is 12.0 Å². The van der Waals surface area contributed by atoms with Crippen molar-refractivity contribution < 1.29 is 0 Å². The lowest BCUT2D eigenvalue weighted by Crippen LogP contribution is -2.26. The summed E-state index contributed by atoms with van der Waals surface area (Å²) < 4.78 is 3.32. The number of rotatable bonds is 6. The Morgan fingerprint density at radius 1 is 1.18 bits per heavy atom. The van der Waals surface area contributed by atoms with Gasteiger partial charge in [0.25, 0.3) is 0 Å². The van der Waals surface area contributed by atoms with Crippen molar-refractivity contribution in [1.29, 1.82) is 0 Å². The predicted molar refractivity (Wildman–Crippen MR) is 82.3 cm³/mol. The highest BCUT2D eigenvalue weighted by Gasteiger charge is 2.05. The van der Waals surface area contributed by atoms with Crippen LogP contribution in [0.4, 0.5) is 5.69 Å². The summed E-state index contributed by atoms with van der Waals surface area (Å²) >= 11 is 0. The quantitative estimate of drug-likeness (QED) is 0.758. The van der Waals surface area contributed by atoms with Crippen LogP contribution in [0.1, 0.15) is 32.3 Å². The van der Waals surface area contributed by atoms with E-state index < -0.39 is 0 Å². The van der Waals surface area contributed by atoms with E-state index in [2.05, 4.69) is 67.2 Å². The van der Waals surface area contributed by atoms with Crippen LogP contribution in [0.2, 0.25) is 0 Å². The van der Waals surface area contributed by atoms with Gasteiger partial charge in [0.15, 0.2) is 0 Å². The summed E-state index contributed by atoms with van der Waals surface area (Å²) in [6.45, 7) is 7.63. The first-order chi connectivity index (χ1) is 7.99. The third kappa shape index (κ3) is 5.37. The van der Waals surface area contributed by atoms with Gasteiger partial charge in [-0.2, -0.15) is 0 Å². The molecule has 96 valence electrons. The molecule has 0 saturated carbocycles. The summed E-state index contributed by atoms with van der Waals surface area (Å²) in [7, 11) is -0.00579. The van der Waals surface area contributed by atoms with Crippen LogP contribution in [0.5, 0.6) is 0 Å². The lowest BCUT2D eigenvalue weighted by molar-refractivity contribution is 0.548. The molecule has 0 aliphatic heterocycles. The Balaban J connectivity index is 2.57. The Bertz CT molecular complexity index is 357. The van der Waals surface area contributed by atoms with Gasteiger partial charge in [0.1, 0.15) is 0 Å². The van der Waals surface area contributed by atoms with Crippen molar-refractivity contribution in [2.75, 3.05) is 17.5 Å². The minimum atomic E-state index is -0.00579. The average Bonchev–Trinajstić information content (AvgIpc) is 2.26. The van der Waals surface area contributed by atoms with Gasteiger partial charge in [0.05, 0.1) is 0 Å². The molecular formula is C14H24N2S. The lowest BCUT2D eigenvalue weighted by atomic mass is 10.0. The van der Waals surface area contributed by atoms with Gasteiger partial charge in [0, 0.05) is 18.3 Å². The normalized spacial score (nSPS) is 14.6. The summed E-state index contributed by atoms with van der Waals surface area (Å²) in [5, 5.41) is 3.47. The second-order valence-electron chi connectivity index (χ2n) is 4.83. The number of nitrogens with one attached hydrogen (secondary N) is 2. The van der Waals surface area contributed by atoms with Crippen molar-refractivity contribution in [2.45, 2.75) is 32.7 Å². The van der Waals surface area contributed by atoms with Crippen LogP contribution in [0.15, 0.2) is 24.3 Å². The standard InChI is InChI=1S/C14H24N2S/c1-11(2)15-10-12(3)13-6-8-14(9-7-13)16-17(4)5/h6-9,11-12,15-16H,4,10H2,1-3,5H3. The second kappa shape index (κ2) is 6.82. The highest BCUT2D eigenvalue weighted by molar-refractivity contribution is 8.14. The average molecular weight is 252 g/mol. The number of hydrogen-bond acceptors (Lipinski definition) is 2. The zero-order valence-electron chi connectivity index (χ0n) is 11.3. The predicted octanol–water partition coefficient (Wildman–Crippen LogP) is 3.45. The van der Waals surface area contributed by atoms with E-state index in [1.165, 1.54) is 5.56 Å². The van der Waals surface area contributed by atoms with E-state index in [1.54, 1.807) is 0 Å². The minimum absolute atomic E-state index is 0.00579. The maximum absolute atomic E-state index is 3.95. The molecule has 2 nitrogen and oxygen atoms in total. The molecule has 0 radical (unpaired) electrons. The molecule has 0 aliphatic rings. The van der Waals surface area contributed by atoms with Crippen LogP contribution >= 0.6 is 10.7 Å². The minimum Gasteiger partial charge on any atom is -0.336 e. The van der Waals surface area contributed by atoms with Gasteiger partial charge in [-0.1, -0.05) is 38.8 Å². The molecule has 1 aromatic rings. The van der Waals surface area contributed by atoms with Crippen LogP contribution < -0.4 is 10.0 Å². The molecule has 3 heteroatoms. The third-order valence-corrected chi connectivity index (χ3v) is 3.19. The molecule has 0 heterocycles. The van der Waals surface area contributed by atoms with Crippen LogP contribution in [-0.4, -0.2) is 24.7 Å². The van der Waals surface area contributed by atoms with Gasteiger partial charge in [-0.25, -0.2) is 0 Å². The van der Waals surface area contributed by atoms with E-state index in [0.717, 1.165) is 12.2 Å². The molecule has 17 heavy (non-hydrogen) atoms. The maximum atomic E-state index is 3.95. The highest BCUT2D eigenvalue weighted by Crippen LogP contribution is 2.19. The van der Waals surface area contributed by atoms with Gasteiger partial charge in [-0.05, 0) is 29.9 Å². The molecule has 0 aromatic heterocycles. The number of benzene rings is 1. The topological polar surface area (TPSA) is 24.1 Å². The van der Waals surface area contributed by atoms with E-state index >= 15 is 0 Å². The zero-order valence-corrected chi connectivity index (χ0v) is 12.1. The summed E-state index contributed by atoms with van der Waals surface area (Å²) in [5.41, 5.74) is 2.53. The molecule has 0 saturated heterocycles. The van der Waals surface area contributed by atoms with Crippen LogP contribution in [0.25, 0.3) is 0 Å². The smallest absolute Gasteiger partial charge is 0.0435 e. The molecule has 0 aliphatic carbocycles. The van der Waals surface area contributed by atoms with Gasteiger partial charge in [-0.15, -0.1) is 10.7 Å². The Morgan fingerprint density at radius 2 is 1.76 bits per heavy atom. The molecule has 2 unspecified atom stereocenters. The van der Waals surface area contributed by atoms with Crippen molar-refractivity contribution >= 4 is 22.2 Å². The summed E-state index contributed by atoms with van der Waals surface area (Å²) in [5.74, 6) is 4.49. The van der Waals surface area contributed by atoms with Crippen molar-refractivity contribution in [3.63, 3.8) is 0 Å². The maximum Gasteiger partial charge on any atom is 0.0435 e. The van der Waals surface area contributed by atoms with Crippen molar-refractivity contribution in [1.82, 2.24) is 5.32 Å². The molecular weight excluding hydrogens is 228 g/mol. The molecule has 0 amide bonds. The SMILES string of the molecule is C=S(C)Nc1ccc(C(C)CNC(C)C)cc1. The van der Waals surface area contributed by atoms with Crippen LogP contribution in [-0.2, 0) is 0 Å². The Labute approximate surface area is 108 Å². The van der Waals surface area contributed by atoms with Gasteiger partial charge >= 0.3 is 0 Å². The number of hydrogen-bond donors (Lipinski definition) is 2. The monoisotopic (exact) mass is 252 g/mol. The zero-order chi connectivity index (χ0) is 12.8. The van der Waals surface area contributed by atoms with Gasteiger partial charge in [-0.3, -0.25) is 0 Å². The fraction of sp³-hybridized carbons (Fsp3) is 0.500. The first kappa shape index (κ1) is 14.3. The Hall–Kier alpha value is -0.800. The second-order valence-corrected chi connectivity index (χ2v) is 6.30. The van der Waals surface area contributed by atoms with E-state index in [1.807, 2.05) is 0 Å². The van der Waals surface area contributed by atoms with Crippen LogP contribution in [0.3, 0.4) is 0 Å². The first-order valence-electron chi connectivity index (χ1n) is 6.04. The molecule has 0 bridgehead atoms. The summed E-state index contributed by atoms with van der Waals surface area (Å²) in [6, 6.07) is 9.21. The van der Waals surface area contributed by atoms with Crippen LogP contribution in [0, 0.1) is 0 Å². The van der Waals surface area contributed by atoms with E-state index in [-0.39, 0.29) is 10.7 Å². The molecule has 2 atom stereocenters.